The van der Waals surface area contributed by atoms with Gasteiger partial charge in [-0.25, -0.2) is 0 Å². The molecule has 19 heavy (non-hydrogen) atoms. The Hall–Kier alpha value is -0.800. The van der Waals surface area contributed by atoms with Gasteiger partial charge in [0, 0.05) is 18.2 Å². The number of nitrogens with one attached hydrogen (secondary N) is 1. The van der Waals surface area contributed by atoms with Crippen molar-refractivity contribution in [2.75, 3.05) is 13.6 Å². The van der Waals surface area contributed by atoms with E-state index in [0.717, 1.165) is 31.2 Å². The van der Waals surface area contributed by atoms with Gasteiger partial charge in [-0.2, -0.15) is 0 Å². The summed E-state index contributed by atoms with van der Waals surface area (Å²) in [6.07, 6.45) is 3.55. The lowest BCUT2D eigenvalue weighted by molar-refractivity contribution is 0.204. The van der Waals surface area contributed by atoms with Crippen molar-refractivity contribution < 1.29 is 4.42 Å². The molecule has 1 aromatic rings. The molecular formula is C16H30N2O. The highest BCUT2D eigenvalue weighted by Crippen LogP contribution is 2.18. The average Bonchev–Trinajstić information content (AvgIpc) is 2.71. The SMILES string of the molecule is CCCNCc1cc(CN(C)C(CC)CC)oc1C. The molecule has 0 aliphatic heterocycles. The monoisotopic (exact) mass is 266 g/mol. The van der Waals surface area contributed by atoms with Crippen LogP contribution in [0.25, 0.3) is 0 Å². The summed E-state index contributed by atoms with van der Waals surface area (Å²) in [7, 11) is 2.19. The van der Waals surface area contributed by atoms with E-state index in [-0.39, 0.29) is 0 Å². The highest BCUT2D eigenvalue weighted by Gasteiger charge is 2.14. The van der Waals surface area contributed by atoms with Gasteiger partial charge in [-0.1, -0.05) is 20.8 Å². The summed E-state index contributed by atoms with van der Waals surface area (Å²) in [5.41, 5.74) is 1.29. The fraction of sp³-hybridized carbons (Fsp3) is 0.750. The van der Waals surface area contributed by atoms with E-state index in [4.69, 9.17) is 4.42 Å². The van der Waals surface area contributed by atoms with E-state index in [9.17, 15) is 0 Å². The lowest BCUT2D eigenvalue weighted by Crippen LogP contribution is -2.29. The van der Waals surface area contributed by atoms with Crippen molar-refractivity contribution in [3.63, 3.8) is 0 Å². The molecule has 1 N–H and O–H groups in total. The Morgan fingerprint density at radius 1 is 1.26 bits per heavy atom. The summed E-state index contributed by atoms with van der Waals surface area (Å²) < 4.78 is 5.87. The van der Waals surface area contributed by atoms with Crippen molar-refractivity contribution in [3.8, 4) is 0 Å². The van der Waals surface area contributed by atoms with Gasteiger partial charge in [0.2, 0.25) is 0 Å². The summed E-state index contributed by atoms with van der Waals surface area (Å²) >= 11 is 0. The first-order valence-corrected chi connectivity index (χ1v) is 7.61. The van der Waals surface area contributed by atoms with Gasteiger partial charge in [-0.3, -0.25) is 4.90 Å². The molecule has 0 aromatic carbocycles. The van der Waals surface area contributed by atoms with Crippen LogP contribution in [0.4, 0.5) is 0 Å². The number of hydrogen-bond donors (Lipinski definition) is 1. The predicted molar refractivity (Wildman–Crippen MR) is 81.3 cm³/mol. The van der Waals surface area contributed by atoms with E-state index in [1.54, 1.807) is 0 Å². The van der Waals surface area contributed by atoms with Crippen molar-refractivity contribution in [2.45, 2.75) is 66.1 Å². The number of hydrogen-bond acceptors (Lipinski definition) is 3. The number of rotatable bonds is 9. The van der Waals surface area contributed by atoms with Crippen LogP contribution in [0.15, 0.2) is 10.5 Å². The zero-order chi connectivity index (χ0) is 14.3. The molecule has 3 nitrogen and oxygen atoms in total. The topological polar surface area (TPSA) is 28.4 Å². The number of aryl methyl sites for hydroxylation is 1. The first-order chi connectivity index (χ1) is 9.12. The minimum absolute atomic E-state index is 0.645. The minimum Gasteiger partial charge on any atom is -0.465 e. The molecule has 0 spiro atoms. The lowest BCUT2D eigenvalue weighted by Gasteiger charge is -2.24. The van der Waals surface area contributed by atoms with Gasteiger partial charge in [0.1, 0.15) is 11.5 Å². The van der Waals surface area contributed by atoms with Crippen LogP contribution in [0.3, 0.4) is 0 Å². The van der Waals surface area contributed by atoms with Gasteiger partial charge in [0.25, 0.3) is 0 Å². The molecule has 0 unspecified atom stereocenters. The summed E-state index contributed by atoms with van der Waals surface area (Å²) in [5, 5.41) is 3.43. The van der Waals surface area contributed by atoms with Crippen LogP contribution in [-0.4, -0.2) is 24.5 Å². The molecule has 0 atom stereocenters. The standard InChI is InChI=1S/C16H30N2O/c1-6-9-17-11-14-10-16(19-13(14)4)12-18(5)15(7-2)8-3/h10,15,17H,6-9,11-12H2,1-5H3. The normalized spacial score (nSPS) is 11.7. The third-order valence-electron chi connectivity index (χ3n) is 3.78. The molecule has 3 heteroatoms. The molecule has 1 aromatic heterocycles. The smallest absolute Gasteiger partial charge is 0.118 e. The summed E-state index contributed by atoms with van der Waals surface area (Å²) in [4.78, 5) is 2.39. The second-order valence-electron chi connectivity index (χ2n) is 5.36. The molecular weight excluding hydrogens is 236 g/mol. The van der Waals surface area contributed by atoms with Crippen molar-refractivity contribution in [2.24, 2.45) is 0 Å². The Morgan fingerprint density at radius 2 is 1.95 bits per heavy atom. The minimum atomic E-state index is 0.645. The van der Waals surface area contributed by atoms with Gasteiger partial charge in [-0.15, -0.1) is 0 Å². The number of furan rings is 1. The molecule has 0 aliphatic rings. The third kappa shape index (κ3) is 5.00. The Balaban J connectivity index is 2.57. The molecule has 0 amide bonds. The predicted octanol–water partition coefficient (Wildman–Crippen LogP) is 3.71. The van der Waals surface area contributed by atoms with E-state index < -0.39 is 0 Å². The van der Waals surface area contributed by atoms with Crippen LogP contribution >= 0.6 is 0 Å². The van der Waals surface area contributed by atoms with Gasteiger partial charge in [-0.05, 0) is 45.8 Å². The zero-order valence-electron chi connectivity index (χ0n) is 13.3. The van der Waals surface area contributed by atoms with E-state index in [2.05, 4.69) is 51.0 Å². The Morgan fingerprint density at radius 3 is 2.53 bits per heavy atom. The molecule has 0 saturated carbocycles. The van der Waals surface area contributed by atoms with E-state index >= 15 is 0 Å². The zero-order valence-corrected chi connectivity index (χ0v) is 13.3. The molecule has 0 saturated heterocycles. The molecule has 0 radical (unpaired) electrons. The van der Waals surface area contributed by atoms with Crippen LogP contribution in [0.5, 0.6) is 0 Å². The lowest BCUT2D eigenvalue weighted by atomic mass is 10.1. The third-order valence-corrected chi connectivity index (χ3v) is 3.78. The molecule has 0 fully saturated rings. The van der Waals surface area contributed by atoms with E-state index in [1.807, 2.05) is 0 Å². The highest BCUT2D eigenvalue weighted by molar-refractivity contribution is 5.20. The average molecular weight is 266 g/mol. The number of nitrogens with zero attached hydrogens (tertiary/aromatic N) is 1. The highest BCUT2D eigenvalue weighted by atomic mass is 16.3. The molecule has 110 valence electrons. The van der Waals surface area contributed by atoms with Gasteiger partial charge >= 0.3 is 0 Å². The fourth-order valence-corrected chi connectivity index (χ4v) is 2.53. The summed E-state index contributed by atoms with van der Waals surface area (Å²) in [6.45, 7) is 11.6. The largest absolute Gasteiger partial charge is 0.465 e. The van der Waals surface area contributed by atoms with Crippen molar-refractivity contribution in [3.05, 3.63) is 23.2 Å². The van der Waals surface area contributed by atoms with Crippen molar-refractivity contribution in [1.82, 2.24) is 10.2 Å². The summed E-state index contributed by atoms with van der Waals surface area (Å²) in [6, 6.07) is 2.85. The van der Waals surface area contributed by atoms with Crippen LogP contribution in [0, 0.1) is 6.92 Å². The van der Waals surface area contributed by atoms with Crippen LogP contribution in [-0.2, 0) is 13.1 Å². The van der Waals surface area contributed by atoms with Crippen molar-refractivity contribution in [1.29, 1.82) is 0 Å². The fourth-order valence-electron chi connectivity index (χ4n) is 2.53. The molecule has 0 aliphatic carbocycles. The van der Waals surface area contributed by atoms with Crippen LogP contribution in [0.1, 0.15) is 57.1 Å². The second-order valence-corrected chi connectivity index (χ2v) is 5.36. The van der Waals surface area contributed by atoms with Gasteiger partial charge < -0.3 is 9.73 Å². The first-order valence-electron chi connectivity index (χ1n) is 7.61. The van der Waals surface area contributed by atoms with Crippen LogP contribution in [0.2, 0.25) is 0 Å². The van der Waals surface area contributed by atoms with Gasteiger partial charge in [0.05, 0.1) is 6.54 Å². The van der Waals surface area contributed by atoms with Gasteiger partial charge in [0.15, 0.2) is 0 Å². The maximum Gasteiger partial charge on any atom is 0.118 e. The maximum atomic E-state index is 5.87. The maximum absolute atomic E-state index is 5.87. The Labute approximate surface area is 118 Å². The molecule has 1 heterocycles. The Bertz CT molecular complexity index is 356. The molecule has 1 rings (SSSR count). The summed E-state index contributed by atoms with van der Waals surface area (Å²) in [5.74, 6) is 2.14. The van der Waals surface area contributed by atoms with E-state index in [0.29, 0.717) is 6.04 Å². The first kappa shape index (κ1) is 16.3. The van der Waals surface area contributed by atoms with Crippen molar-refractivity contribution >= 4 is 0 Å². The quantitative estimate of drug-likeness (QED) is 0.691. The van der Waals surface area contributed by atoms with E-state index in [1.165, 1.54) is 24.8 Å². The Kier molecular flexibility index (Phi) is 7.17. The van der Waals surface area contributed by atoms with Crippen LogP contribution < -0.4 is 5.32 Å². The second kappa shape index (κ2) is 8.39. The molecule has 0 bridgehead atoms.